The number of amides is 1. The van der Waals surface area contributed by atoms with E-state index < -0.39 is 0 Å². The maximum atomic E-state index is 12.4. The summed E-state index contributed by atoms with van der Waals surface area (Å²) in [5.41, 5.74) is 1.18. The third kappa shape index (κ3) is 2.69. The molecule has 1 amide bonds. The molecule has 1 saturated carbocycles. The van der Waals surface area contributed by atoms with Crippen molar-refractivity contribution in [3.05, 3.63) is 41.8 Å². The molecule has 10 nitrogen and oxygen atoms in total. The van der Waals surface area contributed by atoms with Crippen molar-refractivity contribution in [2.75, 3.05) is 13.1 Å². The highest BCUT2D eigenvalue weighted by Crippen LogP contribution is 2.40. The fraction of sp³-hybridized carbons (Fsp3) is 0.467. The number of carbonyl (C=O) groups is 1. The monoisotopic (exact) mass is 340 g/mol. The van der Waals surface area contributed by atoms with Gasteiger partial charge < -0.3 is 9.42 Å². The molecule has 2 fully saturated rings. The predicted molar refractivity (Wildman–Crippen MR) is 82.6 cm³/mol. The van der Waals surface area contributed by atoms with Crippen LogP contribution in [0.3, 0.4) is 0 Å². The normalized spacial score (nSPS) is 17.7. The molecular formula is C15H16N8O2. The highest BCUT2D eigenvalue weighted by atomic mass is 16.5. The summed E-state index contributed by atoms with van der Waals surface area (Å²) in [6, 6.07) is 1.91. The zero-order chi connectivity index (χ0) is 16.8. The van der Waals surface area contributed by atoms with Crippen LogP contribution in [0.4, 0.5) is 0 Å². The first-order chi connectivity index (χ1) is 12.3. The Hall–Kier alpha value is -3.04. The number of aromatic nitrogens is 7. The van der Waals surface area contributed by atoms with E-state index in [0.29, 0.717) is 31.2 Å². The third-order valence-corrected chi connectivity index (χ3v) is 4.58. The molecule has 0 bridgehead atoms. The van der Waals surface area contributed by atoms with Crippen molar-refractivity contribution in [1.82, 2.24) is 40.0 Å². The maximum Gasteiger partial charge on any atom is 0.276 e. The highest BCUT2D eigenvalue weighted by Gasteiger charge is 2.36. The van der Waals surface area contributed by atoms with Gasteiger partial charge in [0.2, 0.25) is 0 Å². The van der Waals surface area contributed by atoms with E-state index in [2.05, 4.69) is 25.7 Å². The van der Waals surface area contributed by atoms with Crippen LogP contribution >= 0.6 is 0 Å². The minimum atomic E-state index is -0.0898. The smallest absolute Gasteiger partial charge is 0.276 e. The molecule has 0 atom stereocenters. The van der Waals surface area contributed by atoms with Crippen LogP contribution < -0.4 is 0 Å². The molecular weight excluding hydrogens is 324 g/mol. The molecule has 2 aliphatic rings. The second-order valence-corrected chi connectivity index (χ2v) is 6.50. The predicted octanol–water partition coefficient (Wildman–Crippen LogP) is 0.480. The lowest BCUT2D eigenvalue weighted by Crippen LogP contribution is -2.51. The van der Waals surface area contributed by atoms with Crippen molar-refractivity contribution >= 4 is 5.91 Å². The number of hydrogen-bond acceptors (Lipinski definition) is 7. The van der Waals surface area contributed by atoms with Crippen molar-refractivity contribution in [2.24, 2.45) is 0 Å². The quantitative estimate of drug-likeness (QED) is 0.664. The first-order valence-electron chi connectivity index (χ1n) is 8.27. The summed E-state index contributed by atoms with van der Waals surface area (Å²) < 4.78 is 7.05. The Balaban J connectivity index is 1.19. The van der Waals surface area contributed by atoms with Gasteiger partial charge in [0.1, 0.15) is 18.0 Å². The largest absolute Gasteiger partial charge is 0.360 e. The highest BCUT2D eigenvalue weighted by molar-refractivity contribution is 5.92. The van der Waals surface area contributed by atoms with Gasteiger partial charge in [0.15, 0.2) is 5.69 Å². The van der Waals surface area contributed by atoms with Crippen LogP contribution in [0, 0.1) is 0 Å². The van der Waals surface area contributed by atoms with Gasteiger partial charge in [-0.3, -0.25) is 4.79 Å². The second-order valence-electron chi connectivity index (χ2n) is 6.50. The van der Waals surface area contributed by atoms with E-state index in [0.717, 1.165) is 24.3 Å². The minimum Gasteiger partial charge on any atom is -0.360 e. The summed E-state index contributed by atoms with van der Waals surface area (Å²) in [5.74, 6) is 1.19. The molecule has 25 heavy (non-hydrogen) atoms. The molecule has 5 rings (SSSR count). The van der Waals surface area contributed by atoms with E-state index in [9.17, 15) is 4.79 Å². The van der Waals surface area contributed by atoms with E-state index in [1.807, 2.05) is 6.20 Å². The third-order valence-electron chi connectivity index (χ3n) is 4.58. The lowest BCUT2D eigenvalue weighted by Gasteiger charge is -2.38. The molecule has 1 saturated heterocycles. The molecule has 4 heterocycles. The summed E-state index contributed by atoms with van der Waals surface area (Å²) in [7, 11) is 0. The molecule has 10 heteroatoms. The van der Waals surface area contributed by atoms with Gasteiger partial charge in [0, 0.05) is 25.1 Å². The first-order valence-corrected chi connectivity index (χ1v) is 8.27. The zero-order valence-corrected chi connectivity index (χ0v) is 13.4. The molecule has 3 aromatic rings. The summed E-state index contributed by atoms with van der Waals surface area (Å²) in [4.78, 5) is 15.7. The van der Waals surface area contributed by atoms with Crippen LogP contribution in [0.15, 0.2) is 29.2 Å². The van der Waals surface area contributed by atoms with Crippen LogP contribution in [0.2, 0.25) is 0 Å². The van der Waals surface area contributed by atoms with Crippen LogP contribution in [-0.4, -0.2) is 59.0 Å². The summed E-state index contributed by atoms with van der Waals surface area (Å²) in [6.07, 6.45) is 7.36. The Labute approximate surface area is 142 Å². The van der Waals surface area contributed by atoms with E-state index in [1.165, 1.54) is 0 Å². The standard InChI is InChI=1S/C15H16N8O2/c24-15(13-5-14(25-19-13)10-1-2-10)21-8-12(9-21)22-6-11(18-20-22)7-23-16-3-4-17-23/h3-6,10,12H,1-2,7-9H2. The molecule has 128 valence electrons. The number of rotatable bonds is 5. The lowest BCUT2D eigenvalue weighted by molar-refractivity contribution is 0.0488. The molecule has 0 spiro atoms. The molecule has 0 unspecified atom stereocenters. The second kappa shape index (κ2) is 5.50. The Morgan fingerprint density at radius 3 is 2.80 bits per heavy atom. The number of carbonyl (C=O) groups excluding carboxylic acids is 1. The SMILES string of the molecule is O=C(c1cc(C2CC2)on1)N1CC(n2cc(Cn3nccn3)nn2)C1. The number of hydrogen-bond donors (Lipinski definition) is 0. The molecule has 1 aliphatic carbocycles. The van der Waals surface area contributed by atoms with Crippen LogP contribution in [0.25, 0.3) is 0 Å². The van der Waals surface area contributed by atoms with Gasteiger partial charge in [0.25, 0.3) is 5.91 Å². The number of nitrogens with zero attached hydrogens (tertiary/aromatic N) is 8. The first kappa shape index (κ1) is 14.3. The van der Waals surface area contributed by atoms with Crippen LogP contribution in [-0.2, 0) is 6.54 Å². The van der Waals surface area contributed by atoms with E-state index in [-0.39, 0.29) is 11.9 Å². The molecule has 0 aromatic carbocycles. The summed E-state index contributed by atoms with van der Waals surface area (Å²) in [5, 5.41) is 20.3. The Morgan fingerprint density at radius 2 is 2.04 bits per heavy atom. The van der Waals surface area contributed by atoms with Gasteiger partial charge in [-0.25, -0.2) is 4.68 Å². The molecule has 0 N–H and O–H groups in total. The van der Waals surface area contributed by atoms with E-state index in [1.54, 1.807) is 32.8 Å². The average Bonchev–Trinajstić information content (AvgIpc) is 3.00. The Kier molecular flexibility index (Phi) is 3.15. The van der Waals surface area contributed by atoms with Gasteiger partial charge in [-0.15, -0.1) is 5.10 Å². The van der Waals surface area contributed by atoms with Crippen LogP contribution in [0.1, 0.15) is 46.7 Å². The van der Waals surface area contributed by atoms with Gasteiger partial charge >= 0.3 is 0 Å². The molecule has 1 aliphatic heterocycles. The van der Waals surface area contributed by atoms with Crippen molar-refractivity contribution in [3.8, 4) is 0 Å². The average molecular weight is 340 g/mol. The van der Waals surface area contributed by atoms with Gasteiger partial charge in [-0.05, 0) is 12.8 Å². The summed E-state index contributed by atoms with van der Waals surface area (Å²) >= 11 is 0. The van der Waals surface area contributed by atoms with Crippen LogP contribution in [0.5, 0.6) is 0 Å². The Morgan fingerprint density at radius 1 is 1.24 bits per heavy atom. The minimum absolute atomic E-state index is 0.0898. The van der Waals surface area contributed by atoms with Gasteiger partial charge in [0.05, 0.1) is 24.6 Å². The Bertz CT molecular complexity index is 888. The van der Waals surface area contributed by atoms with Gasteiger partial charge in [-0.1, -0.05) is 10.4 Å². The lowest BCUT2D eigenvalue weighted by atomic mass is 10.1. The van der Waals surface area contributed by atoms with Crippen molar-refractivity contribution in [1.29, 1.82) is 0 Å². The van der Waals surface area contributed by atoms with Crippen molar-refractivity contribution in [3.63, 3.8) is 0 Å². The fourth-order valence-electron chi connectivity index (χ4n) is 2.93. The van der Waals surface area contributed by atoms with E-state index >= 15 is 0 Å². The summed E-state index contributed by atoms with van der Waals surface area (Å²) in [6.45, 7) is 1.66. The zero-order valence-electron chi connectivity index (χ0n) is 13.4. The topological polar surface area (TPSA) is 108 Å². The maximum absolute atomic E-state index is 12.4. The van der Waals surface area contributed by atoms with Gasteiger partial charge in [-0.2, -0.15) is 15.0 Å². The van der Waals surface area contributed by atoms with Crippen molar-refractivity contribution in [2.45, 2.75) is 31.3 Å². The molecule has 3 aromatic heterocycles. The number of likely N-dealkylation sites (tertiary alicyclic amines) is 1. The molecule has 0 radical (unpaired) electrons. The van der Waals surface area contributed by atoms with E-state index in [4.69, 9.17) is 4.52 Å². The fourth-order valence-corrected chi connectivity index (χ4v) is 2.93. The van der Waals surface area contributed by atoms with Crippen molar-refractivity contribution < 1.29 is 9.32 Å².